The van der Waals surface area contributed by atoms with Crippen LogP contribution in [0, 0.1) is 12.7 Å². The molecular formula is C22H24BrFN6O. The first-order valence-electron chi connectivity index (χ1n) is 10.2. The van der Waals surface area contributed by atoms with Gasteiger partial charge in [-0.05, 0) is 44.5 Å². The van der Waals surface area contributed by atoms with Crippen LogP contribution in [0.3, 0.4) is 0 Å². The highest BCUT2D eigenvalue weighted by Gasteiger charge is 2.24. The summed E-state index contributed by atoms with van der Waals surface area (Å²) in [6.45, 7) is 6.76. The highest BCUT2D eigenvalue weighted by molar-refractivity contribution is 9.10. The monoisotopic (exact) mass is 486 g/mol. The number of fused-ring (bicyclic) bond motifs is 1. The van der Waals surface area contributed by atoms with E-state index in [0.717, 1.165) is 34.2 Å². The van der Waals surface area contributed by atoms with E-state index < -0.39 is 0 Å². The molecule has 3 aromatic rings. The number of anilines is 2. The maximum absolute atomic E-state index is 14.4. The first-order chi connectivity index (χ1) is 14.8. The molecule has 1 saturated heterocycles. The van der Waals surface area contributed by atoms with Crippen molar-refractivity contribution in [3.8, 4) is 0 Å². The second-order valence-electron chi connectivity index (χ2n) is 7.84. The Morgan fingerprint density at radius 2 is 2.13 bits per heavy atom. The lowest BCUT2D eigenvalue weighted by Gasteiger charge is -2.20. The number of carbonyl (C=O) groups is 1. The fourth-order valence-corrected chi connectivity index (χ4v) is 4.30. The van der Waals surface area contributed by atoms with Gasteiger partial charge in [0, 0.05) is 41.5 Å². The molecule has 1 amide bonds. The lowest BCUT2D eigenvalue weighted by atomic mass is 10.1. The van der Waals surface area contributed by atoms with Crippen molar-refractivity contribution < 1.29 is 9.18 Å². The van der Waals surface area contributed by atoms with E-state index in [-0.39, 0.29) is 23.8 Å². The number of carbonyl (C=O) groups excluding carboxylic acids is 1. The third-order valence-corrected chi connectivity index (χ3v) is 5.87. The minimum Gasteiger partial charge on any atom is -0.363 e. The first-order valence-corrected chi connectivity index (χ1v) is 11.0. The summed E-state index contributed by atoms with van der Waals surface area (Å²) in [7, 11) is 0. The molecular weight excluding hydrogens is 463 g/mol. The fourth-order valence-electron chi connectivity index (χ4n) is 3.92. The van der Waals surface area contributed by atoms with Gasteiger partial charge in [-0.1, -0.05) is 15.9 Å². The minimum absolute atomic E-state index is 0.0255. The molecule has 1 aliphatic rings. The van der Waals surface area contributed by atoms with Crippen LogP contribution in [0.25, 0.3) is 10.9 Å². The predicted molar refractivity (Wildman–Crippen MR) is 123 cm³/mol. The molecule has 2 N–H and O–H groups in total. The van der Waals surface area contributed by atoms with Crippen LogP contribution in [0.1, 0.15) is 37.7 Å². The number of amides is 1. The van der Waals surface area contributed by atoms with Gasteiger partial charge >= 0.3 is 0 Å². The Morgan fingerprint density at radius 1 is 1.32 bits per heavy atom. The summed E-state index contributed by atoms with van der Waals surface area (Å²) in [4.78, 5) is 27.2. The van der Waals surface area contributed by atoms with E-state index in [1.54, 1.807) is 18.3 Å². The summed E-state index contributed by atoms with van der Waals surface area (Å²) in [5.74, 6) is 1.75. The Balaban J connectivity index is 1.65. The molecule has 0 saturated carbocycles. The molecule has 0 radical (unpaired) electrons. The van der Waals surface area contributed by atoms with Gasteiger partial charge < -0.3 is 15.5 Å². The third-order valence-electron chi connectivity index (χ3n) is 5.38. The first kappa shape index (κ1) is 21.4. The van der Waals surface area contributed by atoms with Crippen LogP contribution in [0.2, 0.25) is 0 Å². The van der Waals surface area contributed by atoms with Crippen molar-refractivity contribution >= 4 is 44.4 Å². The van der Waals surface area contributed by atoms with Gasteiger partial charge in [-0.3, -0.25) is 4.79 Å². The number of benzene rings is 1. The van der Waals surface area contributed by atoms with E-state index >= 15 is 0 Å². The fraction of sp³-hybridized carbons (Fsp3) is 0.364. The highest BCUT2D eigenvalue weighted by Crippen LogP contribution is 2.30. The molecule has 0 spiro atoms. The second-order valence-corrected chi connectivity index (χ2v) is 8.76. The highest BCUT2D eigenvalue weighted by atomic mass is 79.9. The normalized spacial score (nSPS) is 17.1. The standard InChI is InChI=1S/C22H24BrFN6O/c1-12(17-8-15(23)4-5-19(17)24)26-22-18-9-21(25-10-20(18)27-13(2)28-22)30-7-6-16(11-30)29-14(3)31/h4-5,8-10,12,16H,6-7,11H2,1-3H3,(H,29,31)(H,26,27,28)/t12?,16-/m1/s1. The molecule has 31 heavy (non-hydrogen) atoms. The number of nitrogens with zero attached hydrogens (tertiary/aromatic N) is 4. The van der Waals surface area contributed by atoms with Crippen LogP contribution in [0.4, 0.5) is 16.0 Å². The number of hydrogen-bond acceptors (Lipinski definition) is 6. The Kier molecular flexibility index (Phi) is 6.04. The van der Waals surface area contributed by atoms with Crippen molar-refractivity contribution in [2.45, 2.75) is 39.3 Å². The number of halogens is 2. The van der Waals surface area contributed by atoms with Gasteiger partial charge in [0.15, 0.2) is 0 Å². The quantitative estimate of drug-likeness (QED) is 0.564. The molecule has 162 valence electrons. The van der Waals surface area contributed by atoms with E-state index in [1.165, 1.54) is 13.0 Å². The number of pyridine rings is 1. The van der Waals surface area contributed by atoms with Gasteiger partial charge in [0.1, 0.15) is 23.3 Å². The minimum atomic E-state index is -0.303. The molecule has 7 nitrogen and oxygen atoms in total. The summed E-state index contributed by atoms with van der Waals surface area (Å²) < 4.78 is 15.2. The molecule has 0 aliphatic carbocycles. The van der Waals surface area contributed by atoms with Crippen molar-refractivity contribution in [3.05, 3.63) is 52.1 Å². The number of nitrogens with one attached hydrogen (secondary N) is 2. The Morgan fingerprint density at radius 3 is 2.90 bits per heavy atom. The smallest absolute Gasteiger partial charge is 0.217 e. The molecule has 2 aromatic heterocycles. The third kappa shape index (κ3) is 4.76. The maximum atomic E-state index is 14.4. The summed E-state index contributed by atoms with van der Waals surface area (Å²) in [5, 5.41) is 7.13. The van der Waals surface area contributed by atoms with Gasteiger partial charge in [0.2, 0.25) is 5.91 Å². The van der Waals surface area contributed by atoms with Crippen LogP contribution in [-0.2, 0) is 4.79 Å². The topological polar surface area (TPSA) is 83.0 Å². The van der Waals surface area contributed by atoms with Crippen LogP contribution in [-0.4, -0.2) is 40.0 Å². The number of rotatable bonds is 5. The number of hydrogen-bond donors (Lipinski definition) is 2. The van der Waals surface area contributed by atoms with Crippen molar-refractivity contribution in [1.82, 2.24) is 20.3 Å². The largest absolute Gasteiger partial charge is 0.363 e. The van der Waals surface area contributed by atoms with Crippen LogP contribution in [0.5, 0.6) is 0 Å². The van der Waals surface area contributed by atoms with Crippen LogP contribution in [0.15, 0.2) is 34.9 Å². The summed E-state index contributed by atoms with van der Waals surface area (Å²) in [6.07, 6.45) is 2.61. The molecule has 1 aromatic carbocycles. The molecule has 9 heteroatoms. The van der Waals surface area contributed by atoms with Gasteiger partial charge in [0.25, 0.3) is 0 Å². The van der Waals surface area contributed by atoms with Crippen LogP contribution < -0.4 is 15.5 Å². The molecule has 0 bridgehead atoms. The zero-order valence-electron chi connectivity index (χ0n) is 17.6. The van der Waals surface area contributed by atoms with Gasteiger partial charge in [-0.25, -0.2) is 19.3 Å². The van der Waals surface area contributed by atoms with E-state index in [2.05, 4.69) is 46.4 Å². The summed E-state index contributed by atoms with van der Waals surface area (Å²) in [6, 6.07) is 6.66. The second kappa shape index (κ2) is 8.74. The van der Waals surface area contributed by atoms with Gasteiger partial charge in [0.05, 0.1) is 17.8 Å². The Bertz CT molecular complexity index is 1140. The average molecular weight is 487 g/mol. The number of aryl methyl sites for hydroxylation is 1. The Hall–Kier alpha value is -2.81. The summed E-state index contributed by atoms with van der Waals surface area (Å²) >= 11 is 3.41. The number of aromatic nitrogens is 3. The zero-order valence-corrected chi connectivity index (χ0v) is 19.2. The van der Waals surface area contributed by atoms with E-state index in [1.807, 2.05) is 19.9 Å². The molecule has 1 unspecified atom stereocenters. The molecule has 4 rings (SSSR count). The van der Waals surface area contributed by atoms with Crippen molar-refractivity contribution in [3.63, 3.8) is 0 Å². The van der Waals surface area contributed by atoms with E-state index in [0.29, 0.717) is 23.8 Å². The molecule has 3 heterocycles. The SMILES string of the molecule is CC(=O)N[C@@H]1CCN(c2cc3c(NC(C)c4cc(Br)ccc4F)nc(C)nc3cn2)C1. The van der Waals surface area contributed by atoms with Crippen molar-refractivity contribution in [2.75, 3.05) is 23.3 Å². The van der Waals surface area contributed by atoms with E-state index in [4.69, 9.17) is 0 Å². The average Bonchev–Trinajstić information content (AvgIpc) is 3.17. The van der Waals surface area contributed by atoms with Gasteiger partial charge in [-0.15, -0.1) is 0 Å². The Labute approximate surface area is 188 Å². The van der Waals surface area contributed by atoms with E-state index in [9.17, 15) is 9.18 Å². The molecule has 2 atom stereocenters. The zero-order chi connectivity index (χ0) is 22.1. The lowest BCUT2D eigenvalue weighted by Crippen LogP contribution is -2.35. The lowest BCUT2D eigenvalue weighted by molar-refractivity contribution is -0.119. The molecule has 1 fully saturated rings. The maximum Gasteiger partial charge on any atom is 0.217 e. The van der Waals surface area contributed by atoms with Crippen molar-refractivity contribution in [1.29, 1.82) is 0 Å². The van der Waals surface area contributed by atoms with Crippen molar-refractivity contribution in [2.24, 2.45) is 0 Å². The molecule has 1 aliphatic heterocycles. The summed E-state index contributed by atoms with van der Waals surface area (Å²) in [5.41, 5.74) is 1.27. The predicted octanol–water partition coefficient (Wildman–Crippen LogP) is 4.12. The van der Waals surface area contributed by atoms with Crippen LogP contribution >= 0.6 is 15.9 Å². The van der Waals surface area contributed by atoms with Gasteiger partial charge in [-0.2, -0.15) is 0 Å².